The third-order valence-corrected chi connectivity index (χ3v) is 3.38. The first-order valence-electron chi connectivity index (χ1n) is 5.74. The van der Waals surface area contributed by atoms with E-state index in [1.807, 2.05) is 0 Å². The second kappa shape index (κ2) is 5.44. The lowest BCUT2D eigenvalue weighted by Crippen LogP contribution is -2.49. The minimum Gasteiger partial charge on any atom is -0.468 e. The number of hydrogen-bond donors (Lipinski definition) is 1. The second-order valence-corrected chi connectivity index (χ2v) is 4.51. The molecule has 1 fully saturated rings. The van der Waals surface area contributed by atoms with Crippen LogP contribution in [-0.4, -0.2) is 44.0 Å². The maximum atomic E-state index is 12.4. The number of nitrogens with one attached hydrogen (secondary N) is 1. The second-order valence-electron chi connectivity index (χ2n) is 4.51. The summed E-state index contributed by atoms with van der Waals surface area (Å²) in [4.78, 5) is 11.6. The molecule has 0 bridgehead atoms. The lowest BCUT2D eigenvalue weighted by molar-refractivity contribution is -0.226. The molecule has 1 saturated carbocycles. The van der Waals surface area contributed by atoms with Crippen LogP contribution >= 0.6 is 0 Å². The molecular formula is C11H18F3NO3. The molecule has 4 nitrogen and oxygen atoms in total. The molecule has 1 aliphatic rings. The molecule has 0 saturated heterocycles. The molecule has 0 spiro atoms. The van der Waals surface area contributed by atoms with E-state index in [9.17, 15) is 18.0 Å². The number of carbonyl (C=O) groups excluding carboxylic acids is 1. The summed E-state index contributed by atoms with van der Waals surface area (Å²) in [6, 6.07) is 0. The first kappa shape index (κ1) is 15.2. The highest BCUT2D eigenvalue weighted by Crippen LogP contribution is 2.35. The molecule has 7 heteroatoms. The summed E-state index contributed by atoms with van der Waals surface area (Å²) in [5.41, 5.74) is -0.926. The van der Waals surface area contributed by atoms with Gasteiger partial charge >= 0.3 is 12.1 Å². The zero-order valence-corrected chi connectivity index (χ0v) is 10.6. The number of rotatable bonds is 4. The Balaban J connectivity index is 2.62. The Kier molecular flexibility index (Phi) is 4.61. The molecule has 0 heterocycles. The minimum absolute atomic E-state index is 0.191. The lowest BCUT2D eigenvalue weighted by atomic mass is 9.98. The van der Waals surface area contributed by atoms with Crippen LogP contribution in [0.3, 0.4) is 0 Å². The molecule has 0 aromatic heterocycles. The number of carbonyl (C=O) groups is 1. The summed E-state index contributed by atoms with van der Waals surface area (Å²) in [6.45, 7) is 0.970. The van der Waals surface area contributed by atoms with Gasteiger partial charge in [0, 0.05) is 6.42 Å². The van der Waals surface area contributed by atoms with E-state index in [-0.39, 0.29) is 6.42 Å². The highest BCUT2D eigenvalue weighted by atomic mass is 19.4. The molecule has 0 aliphatic heterocycles. The Labute approximate surface area is 104 Å². The van der Waals surface area contributed by atoms with Crippen molar-refractivity contribution >= 4 is 5.97 Å². The van der Waals surface area contributed by atoms with Crippen molar-refractivity contribution in [1.29, 1.82) is 0 Å². The van der Waals surface area contributed by atoms with Crippen molar-refractivity contribution in [2.45, 2.75) is 50.1 Å². The third kappa shape index (κ3) is 3.14. The van der Waals surface area contributed by atoms with Crippen LogP contribution < -0.4 is 5.32 Å². The van der Waals surface area contributed by atoms with Gasteiger partial charge in [0.15, 0.2) is 6.10 Å². The van der Waals surface area contributed by atoms with Gasteiger partial charge in [-0.25, -0.2) is 0 Å². The first-order valence-corrected chi connectivity index (χ1v) is 5.74. The average Bonchev–Trinajstić information content (AvgIpc) is 2.71. The van der Waals surface area contributed by atoms with Crippen molar-refractivity contribution in [3.8, 4) is 0 Å². The van der Waals surface area contributed by atoms with Gasteiger partial charge in [0.25, 0.3) is 0 Å². The largest absolute Gasteiger partial charge is 0.468 e. The van der Waals surface area contributed by atoms with Gasteiger partial charge in [-0.2, -0.15) is 13.2 Å². The monoisotopic (exact) mass is 269 g/mol. The van der Waals surface area contributed by atoms with Gasteiger partial charge in [-0.3, -0.25) is 4.79 Å². The summed E-state index contributed by atoms with van der Waals surface area (Å²) in [5.74, 6) is -0.462. The molecule has 0 aromatic rings. The Morgan fingerprint density at radius 1 is 1.50 bits per heavy atom. The standard InChI is InChI=1S/C11H18F3NO3/c1-7(11(12,13)14)18-8-4-5-10(6-8,15-2)9(16)17-3/h7-8,15H,4-6H2,1-3H3. The van der Waals surface area contributed by atoms with Gasteiger partial charge in [-0.05, 0) is 26.8 Å². The van der Waals surface area contributed by atoms with Crippen LogP contribution in [0.5, 0.6) is 0 Å². The van der Waals surface area contributed by atoms with Gasteiger partial charge in [-0.1, -0.05) is 0 Å². The number of methoxy groups -OCH3 is 1. The fourth-order valence-electron chi connectivity index (χ4n) is 2.19. The SMILES string of the molecule is CNC1(C(=O)OC)CCC(OC(C)C(F)(F)F)C1. The summed E-state index contributed by atoms with van der Waals surface area (Å²) in [7, 11) is 2.85. The van der Waals surface area contributed by atoms with Gasteiger partial charge in [0.2, 0.25) is 0 Å². The van der Waals surface area contributed by atoms with Crippen molar-refractivity contribution in [2.75, 3.05) is 14.2 Å². The van der Waals surface area contributed by atoms with Crippen LogP contribution in [0.1, 0.15) is 26.2 Å². The Morgan fingerprint density at radius 3 is 2.56 bits per heavy atom. The molecule has 0 amide bonds. The van der Waals surface area contributed by atoms with Crippen LogP contribution in [0, 0.1) is 0 Å². The van der Waals surface area contributed by atoms with Gasteiger partial charge in [-0.15, -0.1) is 0 Å². The molecule has 106 valence electrons. The van der Waals surface area contributed by atoms with Crippen LogP contribution in [0.15, 0.2) is 0 Å². The number of ether oxygens (including phenoxy) is 2. The molecule has 18 heavy (non-hydrogen) atoms. The molecule has 1 N–H and O–H groups in total. The molecular weight excluding hydrogens is 251 g/mol. The lowest BCUT2D eigenvalue weighted by Gasteiger charge is -2.26. The number of alkyl halides is 3. The van der Waals surface area contributed by atoms with Crippen molar-refractivity contribution < 1.29 is 27.4 Å². The molecule has 3 unspecified atom stereocenters. The van der Waals surface area contributed by atoms with Crippen molar-refractivity contribution in [3.05, 3.63) is 0 Å². The van der Waals surface area contributed by atoms with E-state index < -0.39 is 29.9 Å². The molecule has 1 rings (SSSR count). The predicted molar refractivity (Wildman–Crippen MR) is 58.0 cm³/mol. The van der Waals surface area contributed by atoms with E-state index in [2.05, 4.69) is 10.1 Å². The maximum Gasteiger partial charge on any atom is 0.414 e. The average molecular weight is 269 g/mol. The van der Waals surface area contributed by atoms with E-state index >= 15 is 0 Å². The number of likely N-dealkylation sites (N-methyl/N-ethyl adjacent to an activating group) is 1. The van der Waals surface area contributed by atoms with Crippen molar-refractivity contribution in [3.63, 3.8) is 0 Å². The maximum absolute atomic E-state index is 12.4. The van der Waals surface area contributed by atoms with Crippen molar-refractivity contribution in [1.82, 2.24) is 5.32 Å². The van der Waals surface area contributed by atoms with E-state index in [1.54, 1.807) is 7.05 Å². The van der Waals surface area contributed by atoms with E-state index in [4.69, 9.17) is 4.74 Å². The zero-order chi connectivity index (χ0) is 14.0. The van der Waals surface area contributed by atoms with Crippen molar-refractivity contribution in [2.24, 2.45) is 0 Å². The fraction of sp³-hybridized carbons (Fsp3) is 0.909. The Morgan fingerprint density at radius 2 is 2.11 bits per heavy atom. The number of halogens is 3. The molecule has 0 aromatic carbocycles. The molecule has 1 aliphatic carbocycles. The minimum atomic E-state index is -4.38. The summed E-state index contributed by atoms with van der Waals surface area (Å²) in [5, 5.41) is 2.83. The topological polar surface area (TPSA) is 47.6 Å². The fourth-order valence-corrected chi connectivity index (χ4v) is 2.19. The smallest absolute Gasteiger partial charge is 0.414 e. The molecule has 3 atom stereocenters. The number of esters is 1. The van der Waals surface area contributed by atoms with Crippen LogP contribution in [0.2, 0.25) is 0 Å². The summed E-state index contributed by atoms with van der Waals surface area (Å²) < 4.78 is 46.7. The molecule has 0 radical (unpaired) electrons. The zero-order valence-electron chi connectivity index (χ0n) is 10.6. The summed E-state index contributed by atoms with van der Waals surface area (Å²) >= 11 is 0. The first-order chi connectivity index (χ1) is 8.25. The van der Waals surface area contributed by atoms with E-state index in [1.165, 1.54) is 7.11 Å². The van der Waals surface area contributed by atoms with Gasteiger partial charge in [0.05, 0.1) is 13.2 Å². The van der Waals surface area contributed by atoms with Gasteiger partial charge in [0.1, 0.15) is 5.54 Å². The quantitative estimate of drug-likeness (QED) is 0.788. The van der Waals surface area contributed by atoms with E-state index in [0.29, 0.717) is 12.8 Å². The highest BCUT2D eigenvalue weighted by Gasteiger charge is 2.48. The van der Waals surface area contributed by atoms with Crippen LogP contribution in [0.25, 0.3) is 0 Å². The highest BCUT2D eigenvalue weighted by molar-refractivity contribution is 5.81. The third-order valence-electron chi connectivity index (χ3n) is 3.38. The van der Waals surface area contributed by atoms with Crippen LogP contribution in [-0.2, 0) is 14.3 Å². The Hall–Kier alpha value is -0.820. The number of hydrogen-bond acceptors (Lipinski definition) is 4. The predicted octanol–water partition coefficient (Wildman–Crippen LogP) is 1.64. The van der Waals surface area contributed by atoms with Crippen LogP contribution in [0.4, 0.5) is 13.2 Å². The summed E-state index contributed by atoms with van der Waals surface area (Å²) in [6.07, 6.45) is -5.80. The normalized spacial score (nSPS) is 30.2. The van der Waals surface area contributed by atoms with E-state index in [0.717, 1.165) is 6.92 Å². The van der Waals surface area contributed by atoms with Gasteiger partial charge < -0.3 is 14.8 Å². The Bertz CT molecular complexity index is 308.